The van der Waals surface area contributed by atoms with E-state index in [1.54, 1.807) is 0 Å². The van der Waals surface area contributed by atoms with Crippen molar-refractivity contribution in [3.05, 3.63) is 11.8 Å². The average Bonchev–Trinajstić information content (AvgIpc) is 2.16. The molecular formula is C10H19N5. The van der Waals surface area contributed by atoms with Crippen LogP contribution in [0.4, 0.5) is 11.8 Å². The van der Waals surface area contributed by atoms with Crippen molar-refractivity contribution in [2.75, 3.05) is 10.7 Å². The molecule has 0 saturated carbocycles. The zero-order valence-electron chi connectivity index (χ0n) is 9.76. The second kappa shape index (κ2) is 4.44. The smallest absolute Gasteiger partial charge is 0.239 e. The Balaban J connectivity index is 2.90. The highest BCUT2D eigenvalue weighted by atomic mass is 15.3. The second-order valence-corrected chi connectivity index (χ2v) is 4.22. The Morgan fingerprint density at radius 3 is 2.60 bits per heavy atom. The average molecular weight is 209 g/mol. The molecule has 1 rings (SSSR count). The molecule has 0 bridgehead atoms. The molecule has 1 aromatic rings. The van der Waals surface area contributed by atoms with Crippen LogP contribution < -0.4 is 16.6 Å². The third-order valence-corrected chi connectivity index (χ3v) is 2.33. The molecule has 0 amide bonds. The highest BCUT2D eigenvalue weighted by Gasteiger charge is 2.15. The van der Waals surface area contributed by atoms with Gasteiger partial charge in [-0.2, -0.15) is 4.98 Å². The van der Waals surface area contributed by atoms with E-state index in [1.807, 2.05) is 13.0 Å². The molecule has 1 aromatic heterocycles. The number of aromatic nitrogens is 2. The summed E-state index contributed by atoms with van der Waals surface area (Å²) in [6, 6.07) is 1.90. The maximum atomic E-state index is 5.28. The Hall–Kier alpha value is -1.36. The number of hydrazine groups is 1. The van der Waals surface area contributed by atoms with Crippen molar-refractivity contribution in [1.29, 1.82) is 0 Å². The van der Waals surface area contributed by atoms with Crippen molar-refractivity contribution in [3.8, 4) is 0 Å². The molecular weight excluding hydrogens is 190 g/mol. The fraction of sp³-hybridized carbons (Fsp3) is 0.600. The summed E-state index contributed by atoms with van der Waals surface area (Å²) >= 11 is 0. The predicted molar refractivity (Wildman–Crippen MR) is 62.6 cm³/mol. The van der Waals surface area contributed by atoms with Gasteiger partial charge < -0.3 is 5.32 Å². The summed E-state index contributed by atoms with van der Waals surface area (Å²) < 4.78 is 0. The summed E-state index contributed by atoms with van der Waals surface area (Å²) in [5.41, 5.74) is 3.35. The molecule has 0 atom stereocenters. The number of anilines is 2. The summed E-state index contributed by atoms with van der Waals surface area (Å²) in [7, 11) is 0. The summed E-state index contributed by atoms with van der Waals surface area (Å²) in [5.74, 6) is 6.51. The van der Waals surface area contributed by atoms with Crippen molar-refractivity contribution in [1.82, 2.24) is 9.97 Å². The predicted octanol–water partition coefficient (Wildman–Crippen LogP) is 1.67. The molecule has 0 saturated heterocycles. The Labute approximate surface area is 90.5 Å². The van der Waals surface area contributed by atoms with Gasteiger partial charge >= 0.3 is 0 Å². The van der Waals surface area contributed by atoms with E-state index in [9.17, 15) is 0 Å². The summed E-state index contributed by atoms with van der Waals surface area (Å²) in [4.78, 5) is 8.35. The molecule has 5 nitrogen and oxygen atoms in total. The second-order valence-electron chi connectivity index (χ2n) is 4.22. The van der Waals surface area contributed by atoms with E-state index in [0.29, 0.717) is 5.95 Å². The molecule has 0 radical (unpaired) electrons. The first kappa shape index (κ1) is 11.7. The van der Waals surface area contributed by atoms with Crippen LogP contribution in [0.1, 0.15) is 32.9 Å². The molecule has 0 aliphatic rings. The molecule has 4 N–H and O–H groups in total. The van der Waals surface area contributed by atoms with Crippen molar-refractivity contribution >= 4 is 11.8 Å². The van der Waals surface area contributed by atoms with Crippen molar-refractivity contribution in [2.24, 2.45) is 5.84 Å². The molecule has 0 aromatic carbocycles. The highest BCUT2D eigenvalue weighted by Crippen LogP contribution is 2.17. The Bertz CT molecular complexity index is 335. The number of nitrogens with zero attached hydrogens (tertiary/aromatic N) is 2. The van der Waals surface area contributed by atoms with Gasteiger partial charge in [0.2, 0.25) is 5.95 Å². The molecule has 1 heterocycles. The third-order valence-electron chi connectivity index (χ3n) is 2.33. The Morgan fingerprint density at radius 1 is 1.40 bits per heavy atom. The number of nitrogens with two attached hydrogens (primary N) is 1. The lowest BCUT2D eigenvalue weighted by Gasteiger charge is -2.25. The molecule has 5 heteroatoms. The third kappa shape index (κ3) is 3.36. The first-order valence-electron chi connectivity index (χ1n) is 5.07. The van der Waals surface area contributed by atoms with Gasteiger partial charge in [-0.05, 0) is 27.2 Å². The number of nitrogen functional groups attached to an aromatic ring is 1. The van der Waals surface area contributed by atoms with Gasteiger partial charge in [0.1, 0.15) is 5.82 Å². The number of rotatable bonds is 4. The van der Waals surface area contributed by atoms with Crippen molar-refractivity contribution < 1.29 is 0 Å². The first-order chi connectivity index (χ1) is 6.96. The van der Waals surface area contributed by atoms with Crippen LogP contribution in [0.2, 0.25) is 0 Å². The van der Waals surface area contributed by atoms with Crippen LogP contribution in [-0.2, 0) is 0 Å². The van der Waals surface area contributed by atoms with Gasteiger partial charge in [0.25, 0.3) is 0 Å². The number of hydrogen-bond donors (Lipinski definition) is 3. The van der Waals surface area contributed by atoms with Gasteiger partial charge in [-0.1, -0.05) is 6.92 Å². The minimum absolute atomic E-state index is 0.0205. The normalized spacial score (nSPS) is 11.3. The van der Waals surface area contributed by atoms with Gasteiger partial charge in [0.15, 0.2) is 0 Å². The van der Waals surface area contributed by atoms with Crippen LogP contribution in [0.5, 0.6) is 0 Å². The Kier molecular flexibility index (Phi) is 3.47. The monoisotopic (exact) mass is 209 g/mol. The summed E-state index contributed by atoms with van der Waals surface area (Å²) in [5, 5.41) is 3.34. The van der Waals surface area contributed by atoms with Crippen LogP contribution >= 0.6 is 0 Å². The number of hydrogen-bond acceptors (Lipinski definition) is 5. The largest absolute Gasteiger partial charge is 0.365 e. The summed E-state index contributed by atoms with van der Waals surface area (Å²) in [6.45, 7) is 8.29. The zero-order valence-corrected chi connectivity index (χ0v) is 9.76. The van der Waals surface area contributed by atoms with E-state index in [0.717, 1.165) is 17.9 Å². The molecule has 0 spiro atoms. The lowest BCUT2D eigenvalue weighted by atomic mass is 10.0. The maximum absolute atomic E-state index is 5.28. The van der Waals surface area contributed by atoms with Crippen LogP contribution in [0, 0.1) is 6.92 Å². The van der Waals surface area contributed by atoms with Gasteiger partial charge in [-0.15, -0.1) is 0 Å². The van der Waals surface area contributed by atoms with Crippen LogP contribution in [-0.4, -0.2) is 15.5 Å². The minimum atomic E-state index is 0.0205. The molecule has 84 valence electrons. The lowest BCUT2D eigenvalue weighted by molar-refractivity contribution is 0.545. The fourth-order valence-electron chi connectivity index (χ4n) is 1.13. The first-order valence-corrected chi connectivity index (χ1v) is 5.07. The molecule has 15 heavy (non-hydrogen) atoms. The zero-order chi connectivity index (χ0) is 11.5. The molecule has 0 unspecified atom stereocenters. The topological polar surface area (TPSA) is 75.9 Å². The Morgan fingerprint density at radius 2 is 2.07 bits per heavy atom. The van der Waals surface area contributed by atoms with E-state index < -0.39 is 0 Å². The highest BCUT2D eigenvalue weighted by molar-refractivity contribution is 5.43. The molecule has 0 aliphatic heterocycles. The SMILES string of the molecule is CCC(C)(C)Nc1cc(C)nc(NN)n1. The van der Waals surface area contributed by atoms with E-state index in [4.69, 9.17) is 5.84 Å². The van der Waals surface area contributed by atoms with Gasteiger partial charge in [-0.3, -0.25) is 5.43 Å². The van der Waals surface area contributed by atoms with Crippen LogP contribution in [0.15, 0.2) is 6.07 Å². The molecule has 0 fully saturated rings. The fourth-order valence-corrected chi connectivity index (χ4v) is 1.13. The maximum Gasteiger partial charge on any atom is 0.239 e. The minimum Gasteiger partial charge on any atom is -0.365 e. The van der Waals surface area contributed by atoms with Gasteiger partial charge in [-0.25, -0.2) is 10.8 Å². The standard InChI is InChI=1S/C10H19N5/c1-5-10(3,4)14-8-6-7(2)12-9(13-8)15-11/h6H,5,11H2,1-4H3,(H2,12,13,14,15). The van der Waals surface area contributed by atoms with E-state index in [1.165, 1.54) is 0 Å². The lowest BCUT2D eigenvalue weighted by Crippen LogP contribution is -2.30. The van der Waals surface area contributed by atoms with Crippen molar-refractivity contribution in [2.45, 2.75) is 39.7 Å². The van der Waals surface area contributed by atoms with E-state index in [2.05, 4.69) is 41.5 Å². The van der Waals surface area contributed by atoms with E-state index >= 15 is 0 Å². The van der Waals surface area contributed by atoms with Crippen molar-refractivity contribution in [3.63, 3.8) is 0 Å². The number of nitrogens with one attached hydrogen (secondary N) is 2. The van der Waals surface area contributed by atoms with Crippen LogP contribution in [0.3, 0.4) is 0 Å². The van der Waals surface area contributed by atoms with E-state index in [-0.39, 0.29) is 5.54 Å². The van der Waals surface area contributed by atoms with Crippen LogP contribution in [0.25, 0.3) is 0 Å². The van der Waals surface area contributed by atoms with Gasteiger partial charge in [0.05, 0.1) is 0 Å². The summed E-state index contributed by atoms with van der Waals surface area (Å²) in [6.07, 6.45) is 1.02. The number of aryl methyl sites for hydroxylation is 1. The quantitative estimate of drug-likeness (QED) is 0.519. The van der Waals surface area contributed by atoms with Gasteiger partial charge in [0, 0.05) is 17.3 Å². The molecule has 0 aliphatic carbocycles.